The second kappa shape index (κ2) is 9.39. The summed E-state index contributed by atoms with van der Waals surface area (Å²) >= 11 is 6.15. The average molecular weight is 412 g/mol. The molecule has 2 heterocycles. The minimum atomic E-state index is -0.302. The van der Waals surface area contributed by atoms with Gasteiger partial charge in [-0.2, -0.15) is 0 Å². The van der Waals surface area contributed by atoms with Crippen molar-refractivity contribution >= 4 is 23.4 Å². The third-order valence-electron chi connectivity index (χ3n) is 4.38. The minimum Gasteiger partial charge on any atom is -0.451 e. The predicted octanol–water partition coefficient (Wildman–Crippen LogP) is 4.16. The number of furan rings is 1. The number of hydrogen-bond acceptors (Lipinski definition) is 4. The fourth-order valence-electron chi connectivity index (χ4n) is 2.64. The van der Waals surface area contributed by atoms with Crippen LogP contribution in [0, 0.1) is 13.8 Å². The summed E-state index contributed by atoms with van der Waals surface area (Å²) in [5.41, 5.74) is 3.16. The van der Waals surface area contributed by atoms with Crippen molar-refractivity contribution in [1.29, 1.82) is 0 Å². The highest BCUT2D eigenvalue weighted by Crippen LogP contribution is 2.26. The van der Waals surface area contributed by atoms with E-state index in [0.29, 0.717) is 35.9 Å². The van der Waals surface area contributed by atoms with Crippen LogP contribution in [0.3, 0.4) is 0 Å². The second-order valence-corrected chi connectivity index (χ2v) is 7.09. The fourth-order valence-corrected chi connectivity index (χ4v) is 2.83. The Morgan fingerprint density at radius 2 is 1.76 bits per heavy atom. The quantitative estimate of drug-likeness (QED) is 0.572. The minimum absolute atomic E-state index is 0.184. The van der Waals surface area contributed by atoms with Crippen LogP contribution in [0.4, 0.5) is 0 Å². The first kappa shape index (κ1) is 20.6. The number of nitrogens with one attached hydrogen (secondary N) is 2. The molecule has 0 saturated carbocycles. The topological polar surface area (TPSA) is 84.2 Å². The molecule has 2 amide bonds. The van der Waals surface area contributed by atoms with Gasteiger partial charge in [0.2, 0.25) is 0 Å². The Labute approximate surface area is 174 Å². The van der Waals surface area contributed by atoms with E-state index in [9.17, 15) is 9.59 Å². The standard InChI is InChI=1S/C22H22ClN3O3/c1-14-4-6-16(12-18(14)23)19-8-9-20(29-19)22(28)25-11-3-10-24-21(27)17-7-5-15(2)26-13-17/h4-9,12-13H,3,10-11H2,1-2H3,(H,24,27)(H,25,28). The predicted molar refractivity (Wildman–Crippen MR) is 112 cm³/mol. The van der Waals surface area contributed by atoms with Crippen LogP contribution in [0.1, 0.15) is 38.6 Å². The van der Waals surface area contributed by atoms with Crippen LogP contribution in [-0.2, 0) is 0 Å². The monoisotopic (exact) mass is 411 g/mol. The summed E-state index contributed by atoms with van der Waals surface area (Å²) in [5, 5.41) is 6.23. The number of aryl methyl sites for hydroxylation is 2. The van der Waals surface area contributed by atoms with E-state index in [4.69, 9.17) is 16.0 Å². The van der Waals surface area contributed by atoms with Crippen molar-refractivity contribution in [3.63, 3.8) is 0 Å². The SMILES string of the molecule is Cc1ccc(C(=O)NCCCNC(=O)c2ccc(-c3ccc(C)c(Cl)c3)o2)cn1. The van der Waals surface area contributed by atoms with Gasteiger partial charge in [-0.25, -0.2) is 0 Å². The zero-order valence-electron chi connectivity index (χ0n) is 16.3. The molecule has 29 heavy (non-hydrogen) atoms. The van der Waals surface area contributed by atoms with Crippen LogP contribution >= 0.6 is 11.6 Å². The molecule has 0 radical (unpaired) electrons. The molecule has 0 spiro atoms. The summed E-state index contributed by atoms with van der Waals surface area (Å²) in [7, 11) is 0. The van der Waals surface area contributed by atoms with Gasteiger partial charge >= 0.3 is 0 Å². The molecule has 0 unspecified atom stereocenters. The van der Waals surface area contributed by atoms with Crippen molar-refractivity contribution in [1.82, 2.24) is 15.6 Å². The van der Waals surface area contributed by atoms with Crippen LogP contribution in [0.25, 0.3) is 11.3 Å². The largest absolute Gasteiger partial charge is 0.451 e. The lowest BCUT2D eigenvalue weighted by atomic mass is 10.1. The number of nitrogens with zero attached hydrogens (tertiary/aromatic N) is 1. The van der Waals surface area contributed by atoms with Crippen LogP contribution < -0.4 is 10.6 Å². The van der Waals surface area contributed by atoms with Gasteiger partial charge in [-0.1, -0.05) is 23.7 Å². The Morgan fingerprint density at radius 3 is 2.45 bits per heavy atom. The van der Waals surface area contributed by atoms with Gasteiger partial charge in [0.15, 0.2) is 5.76 Å². The number of carbonyl (C=O) groups excluding carboxylic acids is 2. The van der Waals surface area contributed by atoms with E-state index >= 15 is 0 Å². The van der Waals surface area contributed by atoms with Gasteiger partial charge in [-0.05, 0) is 56.2 Å². The highest BCUT2D eigenvalue weighted by Gasteiger charge is 2.12. The third-order valence-corrected chi connectivity index (χ3v) is 4.79. The Kier molecular flexibility index (Phi) is 6.67. The van der Waals surface area contributed by atoms with Crippen molar-refractivity contribution < 1.29 is 14.0 Å². The van der Waals surface area contributed by atoms with Crippen LogP contribution in [0.5, 0.6) is 0 Å². The molecule has 0 fully saturated rings. The Bertz CT molecular complexity index is 1010. The molecule has 0 aliphatic carbocycles. The first-order chi connectivity index (χ1) is 13.9. The molecular formula is C22H22ClN3O3. The smallest absolute Gasteiger partial charge is 0.287 e. The van der Waals surface area contributed by atoms with Crippen LogP contribution in [-0.4, -0.2) is 29.9 Å². The maximum atomic E-state index is 12.2. The molecule has 6 nitrogen and oxygen atoms in total. The normalized spacial score (nSPS) is 10.6. The van der Waals surface area contributed by atoms with E-state index in [2.05, 4.69) is 15.6 Å². The molecule has 0 atom stereocenters. The molecule has 2 aromatic heterocycles. The highest BCUT2D eigenvalue weighted by atomic mass is 35.5. The molecule has 7 heteroatoms. The van der Waals surface area contributed by atoms with Crippen LogP contribution in [0.15, 0.2) is 53.1 Å². The highest BCUT2D eigenvalue weighted by molar-refractivity contribution is 6.31. The zero-order valence-corrected chi connectivity index (χ0v) is 17.0. The number of halogens is 1. The van der Waals surface area contributed by atoms with Gasteiger partial charge in [-0.15, -0.1) is 0 Å². The lowest BCUT2D eigenvalue weighted by Crippen LogP contribution is -2.29. The van der Waals surface area contributed by atoms with Gasteiger partial charge in [0.05, 0.1) is 5.56 Å². The van der Waals surface area contributed by atoms with E-state index in [-0.39, 0.29) is 17.6 Å². The first-order valence-electron chi connectivity index (χ1n) is 9.29. The number of rotatable bonds is 7. The van der Waals surface area contributed by atoms with Gasteiger partial charge in [0.1, 0.15) is 5.76 Å². The summed E-state index contributed by atoms with van der Waals surface area (Å²) in [6.45, 7) is 4.64. The summed E-state index contributed by atoms with van der Waals surface area (Å²) < 4.78 is 5.64. The second-order valence-electron chi connectivity index (χ2n) is 6.68. The molecule has 0 aliphatic rings. The van der Waals surface area contributed by atoms with Crippen molar-refractivity contribution in [2.24, 2.45) is 0 Å². The van der Waals surface area contributed by atoms with Crippen molar-refractivity contribution in [3.05, 3.63) is 76.3 Å². The average Bonchev–Trinajstić information content (AvgIpc) is 3.20. The number of pyridine rings is 1. The fraction of sp³-hybridized carbons (Fsp3) is 0.227. The van der Waals surface area contributed by atoms with E-state index in [1.54, 1.807) is 30.5 Å². The van der Waals surface area contributed by atoms with Gasteiger partial charge in [-0.3, -0.25) is 14.6 Å². The van der Waals surface area contributed by atoms with Gasteiger partial charge in [0, 0.05) is 35.6 Å². The number of carbonyl (C=O) groups is 2. The van der Waals surface area contributed by atoms with E-state index in [1.807, 2.05) is 32.0 Å². The van der Waals surface area contributed by atoms with E-state index < -0.39 is 0 Å². The third kappa shape index (κ3) is 5.45. The molecule has 3 rings (SSSR count). The van der Waals surface area contributed by atoms with Crippen LogP contribution in [0.2, 0.25) is 5.02 Å². The first-order valence-corrected chi connectivity index (χ1v) is 9.67. The van der Waals surface area contributed by atoms with Crippen molar-refractivity contribution in [2.45, 2.75) is 20.3 Å². The van der Waals surface area contributed by atoms with Crippen molar-refractivity contribution in [2.75, 3.05) is 13.1 Å². The molecule has 150 valence electrons. The molecule has 1 aromatic carbocycles. The van der Waals surface area contributed by atoms with Crippen molar-refractivity contribution in [3.8, 4) is 11.3 Å². The van der Waals surface area contributed by atoms with E-state index in [0.717, 1.165) is 16.8 Å². The summed E-state index contributed by atoms with van der Waals surface area (Å²) in [6.07, 6.45) is 2.14. The molecule has 3 aromatic rings. The number of hydrogen-bond donors (Lipinski definition) is 2. The number of aromatic nitrogens is 1. The number of benzene rings is 1. The summed E-state index contributed by atoms with van der Waals surface area (Å²) in [5.74, 6) is 0.322. The molecule has 0 saturated heterocycles. The summed E-state index contributed by atoms with van der Waals surface area (Å²) in [6, 6.07) is 12.5. The Hall–Kier alpha value is -3.12. The Morgan fingerprint density at radius 1 is 1.00 bits per heavy atom. The van der Waals surface area contributed by atoms with E-state index in [1.165, 1.54) is 0 Å². The number of amides is 2. The van der Waals surface area contributed by atoms with Gasteiger partial charge < -0.3 is 15.1 Å². The molecule has 0 bridgehead atoms. The lowest BCUT2D eigenvalue weighted by Gasteiger charge is -2.06. The van der Waals surface area contributed by atoms with Gasteiger partial charge in [0.25, 0.3) is 11.8 Å². The maximum absolute atomic E-state index is 12.2. The molecule has 0 aliphatic heterocycles. The zero-order chi connectivity index (χ0) is 20.8. The molecule has 2 N–H and O–H groups in total. The Balaban J connectivity index is 1.44. The summed E-state index contributed by atoms with van der Waals surface area (Å²) in [4.78, 5) is 28.3. The lowest BCUT2D eigenvalue weighted by molar-refractivity contribution is 0.0926. The molecular weight excluding hydrogens is 390 g/mol. The maximum Gasteiger partial charge on any atom is 0.287 e.